The summed E-state index contributed by atoms with van der Waals surface area (Å²) < 4.78 is 11.0. The van der Waals surface area contributed by atoms with Gasteiger partial charge in [0.25, 0.3) is 5.91 Å². The molecule has 1 aromatic heterocycles. The molecule has 0 aliphatic rings. The largest absolute Gasteiger partial charge is 0.493 e. The van der Waals surface area contributed by atoms with Crippen LogP contribution in [0.5, 0.6) is 11.5 Å². The molecule has 0 fully saturated rings. The van der Waals surface area contributed by atoms with Gasteiger partial charge in [-0.1, -0.05) is 12.1 Å². The lowest BCUT2D eigenvalue weighted by Crippen LogP contribution is -2.38. The van der Waals surface area contributed by atoms with Crippen molar-refractivity contribution in [3.05, 3.63) is 46.2 Å². The van der Waals surface area contributed by atoms with Crippen LogP contribution in [0.15, 0.2) is 40.7 Å². The molecule has 1 amide bonds. The number of guanidine groups is 1. The zero-order valence-electron chi connectivity index (χ0n) is 17.7. The molecular formula is C21H31IN4O3S. The van der Waals surface area contributed by atoms with E-state index in [0.29, 0.717) is 24.6 Å². The number of nitrogens with zero attached hydrogens (tertiary/aromatic N) is 1. The number of hydrogen-bond acceptors (Lipinski definition) is 5. The van der Waals surface area contributed by atoms with Crippen molar-refractivity contribution in [3.8, 4) is 11.5 Å². The molecule has 0 atom stereocenters. The van der Waals surface area contributed by atoms with E-state index in [0.717, 1.165) is 31.0 Å². The number of aliphatic imine (C=N–C) groups is 1. The van der Waals surface area contributed by atoms with Crippen LogP contribution in [0, 0.1) is 0 Å². The van der Waals surface area contributed by atoms with Crippen molar-refractivity contribution in [2.75, 3.05) is 33.4 Å². The van der Waals surface area contributed by atoms with Crippen LogP contribution in [0.3, 0.4) is 0 Å². The topological polar surface area (TPSA) is 84.0 Å². The summed E-state index contributed by atoms with van der Waals surface area (Å²) in [5, 5.41) is 11.4. The Labute approximate surface area is 199 Å². The summed E-state index contributed by atoms with van der Waals surface area (Å²) in [5.41, 5.74) is 0.989. The number of thiophene rings is 1. The SMILES string of the molecule is CCNC(=O)COc1ccc(CN=C(NCC)NCCc2cccs2)cc1OC.I. The highest BCUT2D eigenvalue weighted by Gasteiger charge is 2.08. The van der Waals surface area contributed by atoms with Crippen LogP contribution in [0.1, 0.15) is 24.3 Å². The molecule has 3 N–H and O–H groups in total. The Hall–Kier alpha value is -2.01. The van der Waals surface area contributed by atoms with Crippen molar-refractivity contribution in [1.82, 2.24) is 16.0 Å². The van der Waals surface area contributed by atoms with Crippen molar-refractivity contribution in [2.24, 2.45) is 4.99 Å². The number of ether oxygens (including phenoxy) is 2. The van der Waals surface area contributed by atoms with Crippen molar-refractivity contribution in [1.29, 1.82) is 0 Å². The van der Waals surface area contributed by atoms with Crippen LogP contribution < -0.4 is 25.4 Å². The fourth-order valence-electron chi connectivity index (χ4n) is 2.59. The van der Waals surface area contributed by atoms with Gasteiger partial charge in [-0.15, -0.1) is 35.3 Å². The number of carbonyl (C=O) groups is 1. The van der Waals surface area contributed by atoms with Gasteiger partial charge in [-0.2, -0.15) is 0 Å². The van der Waals surface area contributed by atoms with E-state index in [-0.39, 0.29) is 36.5 Å². The van der Waals surface area contributed by atoms with Crippen molar-refractivity contribution < 1.29 is 14.3 Å². The molecule has 0 aliphatic carbocycles. The van der Waals surface area contributed by atoms with Crippen LogP contribution in [-0.2, 0) is 17.8 Å². The molecule has 0 saturated heterocycles. The van der Waals surface area contributed by atoms with Gasteiger partial charge < -0.3 is 25.4 Å². The second kappa shape index (κ2) is 14.9. The van der Waals surface area contributed by atoms with Gasteiger partial charge in [-0.25, -0.2) is 4.99 Å². The smallest absolute Gasteiger partial charge is 0.257 e. The number of halogens is 1. The summed E-state index contributed by atoms with van der Waals surface area (Å²) in [5.74, 6) is 1.73. The minimum absolute atomic E-state index is 0. The molecule has 0 saturated carbocycles. The molecule has 0 bridgehead atoms. The number of carbonyl (C=O) groups excluding carboxylic acids is 1. The van der Waals surface area contributed by atoms with E-state index in [1.54, 1.807) is 24.5 Å². The molecule has 7 nitrogen and oxygen atoms in total. The van der Waals surface area contributed by atoms with Gasteiger partial charge in [-0.05, 0) is 49.4 Å². The summed E-state index contributed by atoms with van der Waals surface area (Å²) in [4.78, 5) is 17.6. The first-order valence-corrected chi connectivity index (χ1v) is 10.6. The molecule has 0 aliphatic heterocycles. The third kappa shape index (κ3) is 9.21. The maximum absolute atomic E-state index is 11.6. The van der Waals surface area contributed by atoms with Crippen LogP contribution in [0.4, 0.5) is 0 Å². The van der Waals surface area contributed by atoms with Crippen LogP contribution >= 0.6 is 35.3 Å². The molecule has 9 heteroatoms. The lowest BCUT2D eigenvalue weighted by molar-refractivity contribution is -0.123. The molecule has 1 heterocycles. The third-order valence-corrected chi connectivity index (χ3v) is 4.90. The Morgan fingerprint density at radius 1 is 1.10 bits per heavy atom. The summed E-state index contributed by atoms with van der Waals surface area (Å²) in [6.45, 7) is 6.56. The predicted molar refractivity (Wildman–Crippen MR) is 133 cm³/mol. The molecule has 2 aromatic rings. The minimum atomic E-state index is -0.160. The second-order valence-electron chi connectivity index (χ2n) is 6.18. The number of methoxy groups -OCH3 is 1. The Morgan fingerprint density at radius 3 is 2.57 bits per heavy atom. The van der Waals surface area contributed by atoms with E-state index in [1.807, 2.05) is 26.0 Å². The van der Waals surface area contributed by atoms with E-state index in [1.165, 1.54) is 4.88 Å². The van der Waals surface area contributed by atoms with E-state index in [4.69, 9.17) is 9.47 Å². The summed E-state index contributed by atoms with van der Waals surface area (Å²) >= 11 is 1.76. The first-order valence-electron chi connectivity index (χ1n) is 9.77. The summed E-state index contributed by atoms with van der Waals surface area (Å²) in [7, 11) is 1.58. The molecule has 0 radical (unpaired) electrons. The van der Waals surface area contributed by atoms with E-state index < -0.39 is 0 Å². The first-order chi connectivity index (χ1) is 14.2. The second-order valence-corrected chi connectivity index (χ2v) is 7.21. The normalized spacial score (nSPS) is 10.7. The Kier molecular flexibility index (Phi) is 12.9. The molecule has 0 unspecified atom stereocenters. The van der Waals surface area contributed by atoms with Gasteiger partial charge >= 0.3 is 0 Å². The number of amides is 1. The summed E-state index contributed by atoms with van der Waals surface area (Å²) in [6.07, 6.45) is 0.966. The third-order valence-electron chi connectivity index (χ3n) is 3.97. The van der Waals surface area contributed by atoms with E-state index in [2.05, 4.69) is 38.5 Å². The van der Waals surface area contributed by atoms with Gasteiger partial charge in [-0.3, -0.25) is 4.79 Å². The lowest BCUT2D eigenvalue weighted by atomic mass is 10.2. The van der Waals surface area contributed by atoms with Crippen molar-refractivity contribution in [2.45, 2.75) is 26.8 Å². The molecule has 166 valence electrons. The highest BCUT2D eigenvalue weighted by molar-refractivity contribution is 14.0. The maximum atomic E-state index is 11.6. The monoisotopic (exact) mass is 546 g/mol. The fraction of sp³-hybridized carbons (Fsp3) is 0.429. The van der Waals surface area contributed by atoms with Crippen LogP contribution in [0.2, 0.25) is 0 Å². The molecule has 30 heavy (non-hydrogen) atoms. The van der Waals surface area contributed by atoms with E-state index >= 15 is 0 Å². The van der Waals surface area contributed by atoms with Gasteiger partial charge in [0.2, 0.25) is 0 Å². The number of hydrogen-bond donors (Lipinski definition) is 3. The maximum Gasteiger partial charge on any atom is 0.257 e. The number of likely N-dealkylation sites (N-methyl/N-ethyl adjacent to an activating group) is 1. The van der Waals surface area contributed by atoms with Crippen LogP contribution in [0.25, 0.3) is 0 Å². The van der Waals surface area contributed by atoms with Gasteiger partial charge in [0, 0.05) is 24.5 Å². The Bertz CT molecular complexity index is 785. The van der Waals surface area contributed by atoms with Gasteiger partial charge in [0.05, 0.1) is 13.7 Å². The van der Waals surface area contributed by atoms with Gasteiger partial charge in [0.1, 0.15) is 0 Å². The Balaban J connectivity index is 0.00000450. The zero-order valence-corrected chi connectivity index (χ0v) is 20.8. The quantitative estimate of drug-likeness (QED) is 0.229. The number of rotatable bonds is 11. The standard InChI is InChI=1S/C21H30N4O3S.HI/c1-4-22-20(26)15-28-18-9-8-16(13-19(18)27-3)14-25-21(23-5-2)24-11-10-17-7-6-12-29-17;/h6-9,12-13H,4-5,10-11,14-15H2,1-3H3,(H,22,26)(H2,23,24,25);1H. The molecule has 0 spiro atoms. The zero-order chi connectivity index (χ0) is 20.9. The van der Waals surface area contributed by atoms with Crippen LogP contribution in [-0.4, -0.2) is 45.2 Å². The average Bonchev–Trinajstić information content (AvgIpc) is 3.24. The number of nitrogens with one attached hydrogen (secondary N) is 3. The molecular weight excluding hydrogens is 515 g/mol. The Morgan fingerprint density at radius 2 is 1.90 bits per heavy atom. The molecule has 2 rings (SSSR count). The average molecular weight is 546 g/mol. The summed E-state index contributed by atoms with van der Waals surface area (Å²) in [6, 6.07) is 9.81. The first kappa shape index (κ1) is 26.0. The fourth-order valence-corrected chi connectivity index (χ4v) is 3.30. The van der Waals surface area contributed by atoms with Crippen molar-refractivity contribution >= 4 is 47.2 Å². The van der Waals surface area contributed by atoms with Gasteiger partial charge in [0.15, 0.2) is 24.1 Å². The highest BCUT2D eigenvalue weighted by atomic mass is 127. The molecule has 1 aromatic carbocycles. The highest BCUT2D eigenvalue weighted by Crippen LogP contribution is 2.28. The predicted octanol–water partition coefficient (Wildman–Crippen LogP) is 3.19. The number of benzene rings is 1. The lowest BCUT2D eigenvalue weighted by Gasteiger charge is -2.13. The van der Waals surface area contributed by atoms with Crippen molar-refractivity contribution in [3.63, 3.8) is 0 Å². The minimum Gasteiger partial charge on any atom is -0.493 e. The van der Waals surface area contributed by atoms with E-state index in [9.17, 15) is 4.79 Å².